The quantitative estimate of drug-likeness (QED) is 0.144. The third kappa shape index (κ3) is 6.50. The Labute approximate surface area is 250 Å². The van der Waals surface area contributed by atoms with Gasteiger partial charge < -0.3 is 59.4 Å². The third-order valence-corrected chi connectivity index (χ3v) is 7.02. The van der Waals surface area contributed by atoms with Crippen molar-refractivity contribution < 1.29 is 64.2 Å². The molecule has 0 bridgehead atoms. The Morgan fingerprint density at radius 1 is 0.886 bits per heavy atom. The van der Waals surface area contributed by atoms with Crippen LogP contribution < -0.4 is 9.47 Å². The first-order chi connectivity index (χ1) is 21.0. The van der Waals surface area contributed by atoms with Gasteiger partial charge in [0.25, 0.3) is 0 Å². The molecule has 0 amide bonds. The van der Waals surface area contributed by atoms with E-state index in [1.165, 1.54) is 55.7 Å². The van der Waals surface area contributed by atoms with E-state index < -0.39 is 49.4 Å². The van der Waals surface area contributed by atoms with Gasteiger partial charge in [-0.15, -0.1) is 0 Å². The molecule has 2 aliphatic rings. The molecular weight excluding hydrogens is 580 g/mol. The summed E-state index contributed by atoms with van der Waals surface area (Å²) in [4.78, 5) is 12.3. The van der Waals surface area contributed by atoms with Gasteiger partial charge in [0.1, 0.15) is 59.8 Å². The lowest BCUT2D eigenvalue weighted by molar-refractivity contribution is -0.294. The first-order valence-corrected chi connectivity index (χ1v) is 13.4. The average Bonchev–Trinajstić information content (AvgIpc) is 3.00. The summed E-state index contributed by atoms with van der Waals surface area (Å²) < 4.78 is 28.1. The van der Waals surface area contributed by atoms with Gasteiger partial charge in [-0.3, -0.25) is 0 Å². The lowest BCUT2D eigenvalue weighted by atomic mass is 9.98. The Hall–Kier alpha value is -4.95. The highest BCUT2D eigenvalue weighted by molar-refractivity contribution is 5.87. The number of phenols is 4. The van der Waals surface area contributed by atoms with Gasteiger partial charge in [0.15, 0.2) is 17.6 Å². The lowest BCUT2D eigenvalue weighted by Gasteiger charge is -2.41. The molecule has 0 radical (unpaired) electrons. The summed E-state index contributed by atoms with van der Waals surface area (Å²) >= 11 is 0. The standard InChI is InChI=1S/C31H30O13/c1-40-23-10-16(5-8-20(23)34)30-24(13-19-21(35)11-18(33)12-22(19)42-30)43-31-29(39)28(38)27(37)25(44-31)14-41-26(36)9-4-15-2-6-17(32)7-3-15/h2-13,25,27-35,37-39H,14H2,1H3/b9-4+/t25-,27-,28+,29-,30?,31?/m1/s1. The van der Waals surface area contributed by atoms with Gasteiger partial charge in [-0.2, -0.15) is 0 Å². The monoisotopic (exact) mass is 610 g/mol. The van der Waals surface area contributed by atoms with E-state index in [1.807, 2.05) is 0 Å². The molecule has 3 aromatic rings. The van der Waals surface area contributed by atoms with Crippen molar-refractivity contribution in [3.8, 4) is 34.5 Å². The Kier molecular flexibility index (Phi) is 8.83. The summed E-state index contributed by atoms with van der Waals surface area (Å²) in [5.74, 6) is -1.28. The smallest absolute Gasteiger partial charge is 0.330 e. The highest BCUT2D eigenvalue weighted by Gasteiger charge is 2.46. The molecule has 1 fully saturated rings. The maximum Gasteiger partial charge on any atom is 0.330 e. The molecular formula is C31H30O13. The molecule has 1 saturated heterocycles. The third-order valence-electron chi connectivity index (χ3n) is 7.02. The van der Waals surface area contributed by atoms with Crippen LogP contribution in [0, 0.1) is 0 Å². The fourth-order valence-corrected chi connectivity index (χ4v) is 4.68. The van der Waals surface area contributed by atoms with Gasteiger partial charge in [0, 0.05) is 23.8 Å². The van der Waals surface area contributed by atoms with Crippen molar-refractivity contribution in [3.63, 3.8) is 0 Å². The SMILES string of the molecule is COc1cc(C2Oc3cc(O)cc(O)c3C=C2OC2O[C@H](COC(=O)/C=C/c3ccc(O)cc3)[C@@H](O)[C@H](O)[C@H]2O)ccc1O. The number of ether oxygens (including phenoxy) is 5. The molecule has 0 spiro atoms. The van der Waals surface area contributed by atoms with Crippen LogP contribution in [0.3, 0.4) is 0 Å². The minimum atomic E-state index is -1.77. The van der Waals surface area contributed by atoms with Crippen molar-refractivity contribution in [2.75, 3.05) is 13.7 Å². The lowest BCUT2D eigenvalue weighted by Crippen LogP contribution is -2.59. The Bertz CT molecular complexity index is 1570. The number of aromatic hydroxyl groups is 4. The number of aliphatic hydroxyl groups is 3. The highest BCUT2D eigenvalue weighted by atomic mass is 16.7. The Balaban J connectivity index is 1.36. The van der Waals surface area contributed by atoms with Crippen LogP contribution in [-0.4, -0.2) is 86.1 Å². The molecule has 232 valence electrons. The van der Waals surface area contributed by atoms with E-state index in [9.17, 15) is 40.5 Å². The highest BCUT2D eigenvalue weighted by Crippen LogP contribution is 2.45. The predicted octanol–water partition coefficient (Wildman–Crippen LogP) is 2.07. The first-order valence-electron chi connectivity index (χ1n) is 13.4. The summed E-state index contributed by atoms with van der Waals surface area (Å²) in [5, 5.41) is 71.7. The molecule has 2 unspecified atom stereocenters. The second-order valence-corrected chi connectivity index (χ2v) is 10.0. The number of methoxy groups -OCH3 is 1. The van der Waals surface area contributed by atoms with Gasteiger partial charge in [0.2, 0.25) is 6.29 Å². The van der Waals surface area contributed by atoms with Crippen molar-refractivity contribution in [1.82, 2.24) is 0 Å². The van der Waals surface area contributed by atoms with Crippen molar-refractivity contribution in [2.45, 2.75) is 36.8 Å². The van der Waals surface area contributed by atoms with E-state index in [4.69, 9.17) is 23.7 Å². The normalized spacial score (nSPS) is 24.6. The summed E-state index contributed by atoms with van der Waals surface area (Å²) in [5.41, 5.74) is 1.15. The average molecular weight is 611 g/mol. The first kappa shape index (κ1) is 30.5. The predicted molar refractivity (Wildman–Crippen MR) is 152 cm³/mol. The molecule has 0 aromatic heterocycles. The number of hydrogen-bond donors (Lipinski definition) is 7. The number of carbonyl (C=O) groups excluding carboxylic acids is 1. The van der Waals surface area contributed by atoms with Crippen molar-refractivity contribution in [2.24, 2.45) is 0 Å². The van der Waals surface area contributed by atoms with Crippen LogP contribution in [0.4, 0.5) is 0 Å². The molecule has 44 heavy (non-hydrogen) atoms. The molecule has 13 heteroatoms. The summed E-state index contributed by atoms with van der Waals surface area (Å²) in [6.07, 6.45) is -5.24. The maximum atomic E-state index is 12.3. The van der Waals surface area contributed by atoms with Gasteiger partial charge >= 0.3 is 5.97 Å². The maximum absolute atomic E-state index is 12.3. The number of phenolic OH excluding ortho intramolecular Hbond substituents is 4. The fraction of sp³-hybridized carbons (Fsp3) is 0.258. The Morgan fingerprint density at radius 2 is 1.64 bits per heavy atom. The fourth-order valence-electron chi connectivity index (χ4n) is 4.68. The van der Waals surface area contributed by atoms with E-state index in [0.717, 1.165) is 12.1 Å². The minimum Gasteiger partial charge on any atom is -0.508 e. The summed E-state index contributed by atoms with van der Waals surface area (Å²) in [6, 6.07) is 12.8. The number of hydrogen-bond acceptors (Lipinski definition) is 13. The van der Waals surface area contributed by atoms with Crippen LogP contribution in [0.5, 0.6) is 34.5 Å². The van der Waals surface area contributed by atoms with Gasteiger partial charge in [0.05, 0.1) is 12.7 Å². The second kappa shape index (κ2) is 12.7. The largest absolute Gasteiger partial charge is 0.508 e. The summed E-state index contributed by atoms with van der Waals surface area (Å²) in [7, 11) is 1.36. The summed E-state index contributed by atoms with van der Waals surface area (Å²) in [6.45, 7) is -0.513. The molecule has 2 heterocycles. The van der Waals surface area contributed by atoms with Crippen LogP contribution >= 0.6 is 0 Å². The van der Waals surface area contributed by atoms with Gasteiger partial charge in [-0.1, -0.05) is 18.2 Å². The van der Waals surface area contributed by atoms with E-state index in [2.05, 4.69) is 0 Å². The van der Waals surface area contributed by atoms with E-state index in [0.29, 0.717) is 11.1 Å². The van der Waals surface area contributed by atoms with E-state index in [-0.39, 0.29) is 45.8 Å². The number of fused-ring (bicyclic) bond motifs is 1. The number of esters is 1. The zero-order valence-electron chi connectivity index (χ0n) is 23.2. The van der Waals surface area contributed by atoms with Crippen molar-refractivity contribution in [3.05, 3.63) is 83.1 Å². The van der Waals surface area contributed by atoms with Gasteiger partial charge in [-0.25, -0.2) is 4.79 Å². The van der Waals surface area contributed by atoms with Crippen LogP contribution in [-0.2, 0) is 19.0 Å². The number of benzene rings is 3. The van der Waals surface area contributed by atoms with E-state index in [1.54, 1.807) is 12.1 Å². The molecule has 5 rings (SSSR count). The molecule has 7 N–H and O–H groups in total. The Morgan fingerprint density at radius 3 is 2.36 bits per heavy atom. The van der Waals surface area contributed by atoms with Crippen molar-refractivity contribution >= 4 is 18.1 Å². The number of rotatable bonds is 8. The molecule has 0 saturated carbocycles. The topological polar surface area (TPSA) is 205 Å². The molecule has 2 aliphatic heterocycles. The van der Waals surface area contributed by atoms with E-state index >= 15 is 0 Å². The van der Waals surface area contributed by atoms with Crippen LogP contribution in [0.2, 0.25) is 0 Å². The molecule has 6 atom stereocenters. The minimum absolute atomic E-state index is 0.0218. The zero-order valence-corrected chi connectivity index (χ0v) is 23.2. The van der Waals surface area contributed by atoms with Crippen LogP contribution in [0.15, 0.2) is 66.4 Å². The van der Waals surface area contributed by atoms with Crippen LogP contribution in [0.25, 0.3) is 12.2 Å². The van der Waals surface area contributed by atoms with Gasteiger partial charge in [-0.05, 0) is 42.0 Å². The number of aliphatic hydroxyl groups excluding tert-OH is 3. The second-order valence-electron chi connectivity index (χ2n) is 10.0. The number of carbonyl (C=O) groups is 1. The van der Waals surface area contributed by atoms with Crippen LogP contribution in [0.1, 0.15) is 22.8 Å². The molecule has 0 aliphatic carbocycles. The van der Waals surface area contributed by atoms with Crippen molar-refractivity contribution in [1.29, 1.82) is 0 Å². The molecule has 3 aromatic carbocycles. The molecule has 13 nitrogen and oxygen atoms in total. The zero-order chi connectivity index (χ0) is 31.5.